The normalized spacial score (nSPS) is 19.1. The molecule has 280 valence electrons. The zero-order valence-electron chi connectivity index (χ0n) is 31.4. The van der Waals surface area contributed by atoms with Gasteiger partial charge in [0.2, 0.25) is 5.91 Å². The first kappa shape index (κ1) is 37.1. The van der Waals surface area contributed by atoms with Gasteiger partial charge >= 0.3 is 0 Å². The summed E-state index contributed by atoms with van der Waals surface area (Å²) in [6.07, 6.45) is 4.20. The highest BCUT2D eigenvalue weighted by atomic mass is 16.3. The highest BCUT2D eigenvalue weighted by Gasteiger charge is 2.28. The van der Waals surface area contributed by atoms with Gasteiger partial charge in [-0.25, -0.2) is 0 Å². The number of nitrogens with zero attached hydrogens (tertiary/aromatic N) is 3. The van der Waals surface area contributed by atoms with Gasteiger partial charge in [0.05, 0.1) is 18.9 Å². The smallest absolute Gasteiger partial charge is 0.224 e. The van der Waals surface area contributed by atoms with E-state index in [9.17, 15) is 19.5 Å². The predicted molar refractivity (Wildman–Crippen MR) is 217 cm³/mol. The van der Waals surface area contributed by atoms with Crippen LogP contribution in [-0.2, 0) is 20.8 Å². The summed E-state index contributed by atoms with van der Waals surface area (Å²) in [6, 6.07) is 34.9. The molecule has 1 aliphatic carbocycles. The largest absolute Gasteiger partial charge is 0.508 e. The number of hydrogen-bond acceptors (Lipinski definition) is 7. The van der Waals surface area contributed by atoms with E-state index < -0.39 is 6.04 Å². The molecule has 0 aromatic heterocycles. The Morgan fingerprint density at radius 2 is 1.30 bits per heavy atom. The molecule has 1 saturated carbocycles. The number of allylic oxidation sites excluding steroid dienone is 1. The van der Waals surface area contributed by atoms with Gasteiger partial charge in [0.15, 0.2) is 5.78 Å². The number of carbonyl (C=O) groups is 3. The number of anilines is 2. The van der Waals surface area contributed by atoms with Gasteiger partial charge in [0.25, 0.3) is 0 Å². The number of amides is 1. The van der Waals surface area contributed by atoms with Crippen molar-refractivity contribution in [1.82, 2.24) is 10.2 Å². The van der Waals surface area contributed by atoms with Crippen molar-refractivity contribution in [3.63, 3.8) is 0 Å². The van der Waals surface area contributed by atoms with Crippen molar-refractivity contribution in [1.29, 1.82) is 0 Å². The van der Waals surface area contributed by atoms with Crippen molar-refractivity contribution in [3.8, 4) is 5.75 Å². The van der Waals surface area contributed by atoms with Crippen LogP contribution >= 0.6 is 0 Å². The number of aromatic hydroxyl groups is 1. The maximum Gasteiger partial charge on any atom is 0.224 e. The van der Waals surface area contributed by atoms with E-state index >= 15 is 0 Å². The van der Waals surface area contributed by atoms with Crippen molar-refractivity contribution in [2.75, 3.05) is 55.6 Å². The van der Waals surface area contributed by atoms with E-state index in [0.29, 0.717) is 18.8 Å². The van der Waals surface area contributed by atoms with Gasteiger partial charge in [-0.15, -0.1) is 0 Å². The van der Waals surface area contributed by atoms with Gasteiger partial charge in [-0.3, -0.25) is 19.3 Å². The highest BCUT2D eigenvalue weighted by molar-refractivity contribution is 6.05. The summed E-state index contributed by atoms with van der Waals surface area (Å²) < 4.78 is 0. The molecule has 8 nitrogen and oxygen atoms in total. The third kappa shape index (κ3) is 9.11. The van der Waals surface area contributed by atoms with Crippen LogP contribution in [0.5, 0.6) is 5.75 Å². The Hall–Kier alpha value is -5.21. The third-order valence-corrected chi connectivity index (χ3v) is 11.4. The van der Waals surface area contributed by atoms with E-state index in [4.69, 9.17) is 0 Å². The second kappa shape index (κ2) is 17.3. The molecule has 1 amide bonds. The molecule has 2 N–H and O–H groups in total. The second-order valence-electron chi connectivity index (χ2n) is 15.1. The van der Waals surface area contributed by atoms with Crippen LogP contribution in [0.4, 0.5) is 11.4 Å². The van der Waals surface area contributed by atoms with Gasteiger partial charge < -0.3 is 20.2 Å². The molecule has 8 heteroatoms. The third-order valence-electron chi connectivity index (χ3n) is 11.4. The molecule has 1 atom stereocenters. The number of Topliss-reactive ketones (excluding diaryl/α,β-unsaturated/α-hetero) is 2. The first-order valence-electron chi connectivity index (χ1n) is 19.7. The number of ketones is 2. The molecule has 0 radical (unpaired) electrons. The average Bonchev–Trinajstić information content (AvgIpc) is 3.20. The number of piperidine rings is 1. The Morgan fingerprint density at radius 1 is 0.704 bits per heavy atom. The summed E-state index contributed by atoms with van der Waals surface area (Å²) >= 11 is 0. The summed E-state index contributed by atoms with van der Waals surface area (Å²) in [5, 5.41) is 12.8. The van der Waals surface area contributed by atoms with Crippen LogP contribution in [0.3, 0.4) is 0 Å². The maximum absolute atomic E-state index is 12.6. The molecule has 2 heterocycles. The van der Waals surface area contributed by atoms with Crippen molar-refractivity contribution in [2.24, 2.45) is 5.92 Å². The Balaban J connectivity index is 0.885. The lowest BCUT2D eigenvalue weighted by Gasteiger charge is -2.40. The standard InChI is InChI=1S/C46H52N4O4/c1-2-42(35-6-4-3-5-7-35)46(37-12-18-40(51)19-13-37)36-10-16-39(17-11-36)49-24-22-34(23-25-49)32-48-26-28-50(29-27-48)38-14-8-33(9-15-38)30-45(54)47-43-21-20-41(52)31-44(43)53/h3-19,34,43,51H,2,20-32H2,1H3,(H,47,54)/b46-42+. The predicted octanol–water partition coefficient (Wildman–Crippen LogP) is 7.15. The van der Waals surface area contributed by atoms with Gasteiger partial charge in [-0.1, -0.05) is 73.7 Å². The lowest BCUT2D eigenvalue weighted by atomic mass is 9.88. The average molecular weight is 725 g/mol. The molecule has 4 aromatic carbocycles. The maximum atomic E-state index is 12.6. The minimum atomic E-state index is -0.536. The minimum Gasteiger partial charge on any atom is -0.508 e. The zero-order valence-corrected chi connectivity index (χ0v) is 31.4. The number of phenolic OH excluding ortho intramolecular Hbond substituents is 1. The lowest BCUT2D eigenvalue weighted by Crippen LogP contribution is -2.49. The monoisotopic (exact) mass is 724 g/mol. The fraction of sp³-hybridized carbons (Fsp3) is 0.370. The highest BCUT2D eigenvalue weighted by Crippen LogP contribution is 2.36. The van der Waals surface area contributed by atoms with Crippen LogP contribution in [0.2, 0.25) is 0 Å². The Kier molecular flexibility index (Phi) is 11.9. The van der Waals surface area contributed by atoms with Gasteiger partial charge in [-0.2, -0.15) is 0 Å². The van der Waals surface area contributed by atoms with Crippen LogP contribution in [0, 0.1) is 5.92 Å². The summed E-state index contributed by atoms with van der Waals surface area (Å²) in [5.41, 5.74) is 9.39. The fourth-order valence-electron chi connectivity index (χ4n) is 8.35. The molecular weight excluding hydrogens is 673 g/mol. The van der Waals surface area contributed by atoms with E-state index in [2.05, 4.69) is 93.7 Å². The zero-order chi connectivity index (χ0) is 37.4. The fourth-order valence-corrected chi connectivity index (χ4v) is 8.35. The number of hydrogen-bond donors (Lipinski definition) is 2. The second-order valence-corrected chi connectivity index (χ2v) is 15.1. The SMILES string of the molecule is CC/C(=C(\c1ccc(O)cc1)c1ccc(N2CCC(CN3CCN(c4ccc(CC(=O)NC5CCC(=O)CC5=O)cc4)CC3)CC2)cc1)c1ccccc1. The summed E-state index contributed by atoms with van der Waals surface area (Å²) in [5.74, 6) is 0.579. The molecule has 54 heavy (non-hydrogen) atoms. The molecule has 2 saturated heterocycles. The number of nitrogens with one attached hydrogen (secondary N) is 1. The Morgan fingerprint density at radius 3 is 1.91 bits per heavy atom. The van der Waals surface area contributed by atoms with E-state index in [1.54, 1.807) is 12.1 Å². The van der Waals surface area contributed by atoms with Crippen molar-refractivity contribution >= 4 is 40.0 Å². The van der Waals surface area contributed by atoms with Crippen LogP contribution < -0.4 is 15.1 Å². The number of rotatable bonds is 11. The van der Waals surface area contributed by atoms with E-state index in [0.717, 1.165) is 63.4 Å². The van der Waals surface area contributed by atoms with Gasteiger partial charge in [-0.05, 0) is 101 Å². The van der Waals surface area contributed by atoms with Crippen LogP contribution in [0.15, 0.2) is 103 Å². The topological polar surface area (TPSA) is 93.2 Å². The van der Waals surface area contributed by atoms with Gasteiger partial charge in [0.1, 0.15) is 11.5 Å². The molecular formula is C46H52N4O4. The van der Waals surface area contributed by atoms with Crippen LogP contribution in [0.1, 0.15) is 67.7 Å². The van der Waals surface area contributed by atoms with Gasteiger partial charge in [0, 0.05) is 63.6 Å². The van der Waals surface area contributed by atoms with E-state index in [1.165, 1.54) is 46.5 Å². The summed E-state index contributed by atoms with van der Waals surface area (Å²) in [7, 11) is 0. The number of benzene rings is 4. The molecule has 0 spiro atoms. The molecule has 3 fully saturated rings. The molecule has 0 bridgehead atoms. The molecule has 4 aromatic rings. The molecule has 2 aliphatic heterocycles. The first-order chi connectivity index (χ1) is 26.3. The van der Waals surface area contributed by atoms with E-state index in [1.807, 2.05) is 24.3 Å². The van der Waals surface area contributed by atoms with E-state index in [-0.39, 0.29) is 36.1 Å². The van der Waals surface area contributed by atoms with Crippen LogP contribution in [0.25, 0.3) is 11.1 Å². The molecule has 3 aliphatic rings. The molecule has 7 rings (SSSR count). The Labute approximate surface area is 319 Å². The number of phenols is 1. The quantitative estimate of drug-likeness (QED) is 0.125. The van der Waals surface area contributed by atoms with Crippen molar-refractivity contribution in [2.45, 2.75) is 57.9 Å². The Bertz CT molecular complexity index is 1920. The van der Waals surface area contributed by atoms with Crippen molar-refractivity contribution in [3.05, 3.63) is 125 Å². The number of carbonyl (C=O) groups excluding carboxylic acids is 3. The summed E-state index contributed by atoms with van der Waals surface area (Å²) in [4.78, 5) is 43.7. The van der Waals surface area contributed by atoms with Crippen LogP contribution in [-0.4, -0.2) is 79.3 Å². The minimum absolute atomic E-state index is 0.0396. The molecule has 1 unspecified atom stereocenters. The lowest BCUT2D eigenvalue weighted by molar-refractivity contribution is -0.134. The van der Waals surface area contributed by atoms with Crippen molar-refractivity contribution < 1.29 is 19.5 Å². The first-order valence-corrected chi connectivity index (χ1v) is 19.7. The number of piperazine rings is 1. The summed E-state index contributed by atoms with van der Waals surface area (Å²) in [6.45, 7) is 9.55.